The standard InChI is InChI=1S/C12H14BrN5S/c13-9-3-1-4-10(11(9)12(14)19)15-5-2-7-18-8-6-16-17-18/h1,3-4,6,8,15H,2,5,7H2,(H2,14,19). The van der Waals surface area contributed by atoms with Gasteiger partial charge in [0.1, 0.15) is 4.99 Å². The molecule has 0 spiro atoms. The second-order valence-electron chi connectivity index (χ2n) is 3.97. The molecule has 0 bridgehead atoms. The van der Waals surface area contributed by atoms with Gasteiger partial charge in [0.25, 0.3) is 0 Å². The summed E-state index contributed by atoms with van der Waals surface area (Å²) in [7, 11) is 0. The number of halogens is 1. The van der Waals surface area contributed by atoms with Gasteiger partial charge in [0.05, 0.1) is 6.20 Å². The molecule has 0 amide bonds. The van der Waals surface area contributed by atoms with Crippen LogP contribution in [-0.2, 0) is 6.54 Å². The van der Waals surface area contributed by atoms with Crippen LogP contribution in [0.25, 0.3) is 0 Å². The van der Waals surface area contributed by atoms with Crippen molar-refractivity contribution in [3.05, 3.63) is 40.6 Å². The first-order valence-corrected chi connectivity index (χ1v) is 7.05. The van der Waals surface area contributed by atoms with Crippen molar-refractivity contribution < 1.29 is 0 Å². The monoisotopic (exact) mass is 339 g/mol. The summed E-state index contributed by atoms with van der Waals surface area (Å²) in [4.78, 5) is 0.381. The minimum Gasteiger partial charge on any atom is -0.389 e. The van der Waals surface area contributed by atoms with E-state index in [0.717, 1.165) is 35.2 Å². The van der Waals surface area contributed by atoms with Gasteiger partial charge in [-0.25, -0.2) is 0 Å². The first-order valence-electron chi connectivity index (χ1n) is 5.85. The minimum absolute atomic E-state index is 0.381. The Morgan fingerprint density at radius 2 is 2.32 bits per heavy atom. The second-order valence-corrected chi connectivity index (χ2v) is 5.27. The molecule has 1 heterocycles. The fourth-order valence-electron chi connectivity index (χ4n) is 1.74. The van der Waals surface area contributed by atoms with Gasteiger partial charge in [-0.05, 0) is 34.5 Å². The van der Waals surface area contributed by atoms with Gasteiger partial charge in [0.15, 0.2) is 0 Å². The van der Waals surface area contributed by atoms with Crippen LogP contribution in [0.15, 0.2) is 35.1 Å². The van der Waals surface area contributed by atoms with E-state index < -0.39 is 0 Å². The van der Waals surface area contributed by atoms with Crippen LogP contribution < -0.4 is 11.1 Å². The van der Waals surface area contributed by atoms with Crippen LogP contribution in [0.2, 0.25) is 0 Å². The molecule has 0 aliphatic carbocycles. The van der Waals surface area contributed by atoms with Crippen LogP contribution >= 0.6 is 28.1 Å². The summed E-state index contributed by atoms with van der Waals surface area (Å²) in [6.07, 6.45) is 4.46. The van der Waals surface area contributed by atoms with Gasteiger partial charge >= 0.3 is 0 Å². The lowest BCUT2D eigenvalue weighted by Crippen LogP contribution is -2.15. The lowest BCUT2D eigenvalue weighted by Gasteiger charge is -2.12. The molecule has 7 heteroatoms. The van der Waals surface area contributed by atoms with Gasteiger partial charge in [-0.2, -0.15) is 0 Å². The van der Waals surface area contributed by atoms with Gasteiger partial charge in [-0.15, -0.1) is 5.10 Å². The van der Waals surface area contributed by atoms with Crippen LogP contribution in [-0.4, -0.2) is 26.5 Å². The topological polar surface area (TPSA) is 68.8 Å². The van der Waals surface area contributed by atoms with Crippen molar-refractivity contribution in [1.82, 2.24) is 15.0 Å². The normalized spacial score (nSPS) is 10.4. The van der Waals surface area contributed by atoms with Crippen LogP contribution in [0, 0.1) is 0 Å². The molecule has 1 aromatic heterocycles. The van der Waals surface area contributed by atoms with Gasteiger partial charge in [0.2, 0.25) is 0 Å². The fourth-order valence-corrected chi connectivity index (χ4v) is 2.67. The van der Waals surface area contributed by atoms with Crippen molar-refractivity contribution in [3.63, 3.8) is 0 Å². The molecule has 0 saturated carbocycles. The van der Waals surface area contributed by atoms with Crippen LogP contribution in [0.1, 0.15) is 12.0 Å². The quantitative estimate of drug-likeness (QED) is 0.623. The highest BCUT2D eigenvalue weighted by molar-refractivity contribution is 9.10. The Morgan fingerprint density at radius 1 is 1.47 bits per heavy atom. The molecule has 0 aliphatic rings. The van der Waals surface area contributed by atoms with E-state index in [2.05, 4.69) is 31.6 Å². The third-order valence-corrected chi connectivity index (χ3v) is 3.48. The number of hydrogen-bond acceptors (Lipinski definition) is 4. The first-order chi connectivity index (χ1) is 9.18. The average molecular weight is 340 g/mol. The van der Waals surface area contributed by atoms with Crippen LogP contribution in [0.3, 0.4) is 0 Å². The lowest BCUT2D eigenvalue weighted by atomic mass is 10.1. The van der Waals surface area contributed by atoms with E-state index in [1.54, 1.807) is 10.9 Å². The van der Waals surface area contributed by atoms with E-state index in [1.807, 2.05) is 24.4 Å². The molecule has 0 radical (unpaired) electrons. The van der Waals surface area contributed by atoms with Crippen molar-refractivity contribution in [1.29, 1.82) is 0 Å². The molecule has 0 unspecified atom stereocenters. The Bertz CT molecular complexity index is 555. The highest BCUT2D eigenvalue weighted by Gasteiger charge is 2.08. The molecule has 3 N–H and O–H groups in total. The second kappa shape index (κ2) is 6.63. The zero-order valence-electron chi connectivity index (χ0n) is 10.2. The summed E-state index contributed by atoms with van der Waals surface area (Å²) in [5.74, 6) is 0. The third-order valence-electron chi connectivity index (χ3n) is 2.61. The number of benzene rings is 1. The number of hydrogen-bond donors (Lipinski definition) is 2. The molecule has 5 nitrogen and oxygen atoms in total. The lowest BCUT2D eigenvalue weighted by molar-refractivity contribution is 0.570. The van der Waals surface area contributed by atoms with E-state index >= 15 is 0 Å². The van der Waals surface area contributed by atoms with Gasteiger partial charge in [-0.3, -0.25) is 4.68 Å². The Morgan fingerprint density at radius 3 is 3.00 bits per heavy atom. The largest absolute Gasteiger partial charge is 0.389 e. The molecule has 2 rings (SSSR count). The molecular formula is C12H14BrN5S. The van der Waals surface area contributed by atoms with Crippen molar-refractivity contribution in [2.75, 3.05) is 11.9 Å². The summed E-state index contributed by atoms with van der Waals surface area (Å²) in [5.41, 5.74) is 7.53. The first kappa shape index (κ1) is 14.0. The van der Waals surface area contributed by atoms with E-state index in [-0.39, 0.29) is 0 Å². The SMILES string of the molecule is NC(=S)c1c(Br)cccc1NCCCn1ccnn1. The highest BCUT2D eigenvalue weighted by atomic mass is 79.9. The number of nitrogens with one attached hydrogen (secondary N) is 1. The Kier molecular flexibility index (Phi) is 4.86. The van der Waals surface area contributed by atoms with E-state index in [0.29, 0.717) is 4.99 Å². The number of nitrogens with zero attached hydrogens (tertiary/aromatic N) is 3. The Balaban J connectivity index is 1.92. The van der Waals surface area contributed by atoms with Crippen molar-refractivity contribution in [2.45, 2.75) is 13.0 Å². The summed E-state index contributed by atoms with van der Waals surface area (Å²) < 4.78 is 2.71. The summed E-state index contributed by atoms with van der Waals surface area (Å²) >= 11 is 8.52. The van der Waals surface area contributed by atoms with Crippen molar-refractivity contribution in [3.8, 4) is 0 Å². The van der Waals surface area contributed by atoms with E-state index in [1.165, 1.54) is 0 Å². The van der Waals surface area contributed by atoms with Gasteiger partial charge in [-0.1, -0.05) is 23.5 Å². The van der Waals surface area contributed by atoms with Crippen molar-refractivity contribution in [2.24, 2.45) is 5.73 Å². The number of rotatable bonds is 6. The zero-order chi connectivity index (χ0) is 13.7. The summed E-state index contributed by atoms with van der Waals surface area (Å²) in [6.45, 7) is 1.63. The third kappa shape index (κ3) is 3.74. The Labute approximate surface area is 125 Å². The number of aromatic nitrogens is 3. The summed E-state index contributed by atoms with van der Waals surface area (Å²) in [6, 6.07) is 5.84. The summed E-state index contributed by atoms with van der Waals surface area (Å²) in [5, 5.41) is 11.0. The predicted octanol–water partition coefficient (Wildman–Crippen LogP) is 2.18. The minimum atomic E-state index is 0.381. The van der Waals surface area contributed by atoms with Crippen LogP contribution in [0.4, 0.5) is 5.69 Å². The molecular weight excluding hydrogens is 326 g/mol. The van der Waals surface area contributed by atoms with Crippen molar-refractivity contribution >= 4 is 38.8 Å². The fraction of sp³-hybridized carbons (Fsp3) is 0.250. The maximum atomic E-state index is 5.74. The molecule has 1 aromatic carbocycles. The Hall–Kier alpha value is -1.47. The van der Waals surface area contributed by atoms with Gasteiger partial charge < -0.3 is 11.1 Å². The number of thiocarbonyl (C=S) groups is 1. The van der Waals surface area contributed by atoms with Gasteiger partial charge in [0, 0.05) is 35.0 Å². The van der Waals surface area contributed by atoms with Crippen LogP contribution in [0.5, 0.6) is 0 Å². The maximum absolute atomic E-state index is 5.74. The molecule has 2 aromatic rings. The number of nitrogens with two attached hydrogens (primary N) is 1. The molecule has 0 saturated heterocycles. The zero-order valence-corrected chi connectivity index (χ0v) is 12.6. The number of anilines is 1. The number of aryl methyl sites for hydroxylation is 1. The molecule has 0 atom stereocenters. The maximum Gasteiger partial charge on any atom is 0.107 e. The molecule has 0 fully saturated rings. The molecule has 100 valence electrons. The molecule has 0 aliphatic heterocycles. The van der Waals surface area contributed by atoms with E-state index in [4.69, 9.17) is 18.0 Å². The van der Waals surface area contributed by atoms with E-state index in [9.17, 15) is 0 Å². The highest BCUT2D eigenvalue weighted by Crippen LogP contribution is 2.24. The smallest absolute Gasteiger partial charge is 0.107 e. The average Bonchev–Trinajstić information content (AvgIpc) is 2.87. The molecule has 19 heavy (non-hydrogen) atoms. The predicted molar refractivity (Wildman–Crippen MR) is 83.2 cm³/mol.